The van der Waals surface area contributed by atoms with Gasteiger partial charge in [0.2, 0.25) is 0 Å². The number of hydrogen-bond donors (Lipinski definition) is 0. The molecular weight excluding hydrogens is 371 g/mol. The molecule has 8 heteroatoms. The van der Waals surface area contributed by atoms with Crippen molar-refractivity contribution in [2.24, 2.45) is 5.11 Å². The summed E-state index contributed by atoms with van der Waals surface area (Å²) >= 11 is 5.90. The summed E-state index contributed by atoms with van der Waals surface area (Å²) in [6.45, 7) is 1.89. The number of halogens is 1. The summed E-state index contributed by atoms with van der Waals surface area (Å²) in [7, 11) is 0. The summed E-state index contributed by atoms with van der Waals surface area (Å²) in [6, 6.07) is 7.38. The molecule has 0 spiro atoms. The average molecular weight is 382 g/mol. The van der Waals surface area contributed by atoms with E-state index in [0.29, 0.717) is 10.7 Å². The van der Waals surface area contributed by atoms with Crippen molar-refractivity contribution >= 4 is 38.1 Å². The van der Waals surface area contributed by atoms with Crippen molar-refractivity contribution in [2.45, 2.75) is 6.92 Å². The fourth-order valence-electron chi connectivity index (χ4n) is 1.60. The second-order valence-electron chi connectivity index (χ2n) is 4.02. The topological polar surface area (TPSA) is 88.0 Å². The van der Waals surface area contributed by atoms with Crippen LogP contribution in [0.1, 0.15) is 12.6 Å². The van der Waals surface area contributed by atoms with Gasteiger partial charge in [0.15, 0.2) is 0 Å². The predicted octanol–water partition coefficient (Wildman–Crippen LogP) is 3.67. The van der Waals surface area contributed by atoms with E-state index in [2.05, 4.69) is 15.0 Å². The SMILES string of the molecule is CCOC(=O)/C(=C/c1c[se]c(-c2ccc(Cl)cc2)n1)N=[N+]=[N-]. The zero-order valence-electron chi connectivity index (χ0n) is 11.6. The van der Waals surface area contributed by atoms with Crippen molar-refractivity contribution in [1.82, 2.24) is 4.98 Å². The Kier molecular flexibility index (Phi) is 5.81. The number of esters is 1. The van der Waals surface area contributed by atoms with E-state index in [9.17, 15) is 4.79 Å². The minimum absolute atomic E-state index is 0.0375. The van der Waals surface area contributed by atoms with E-state index in [1.165, 1.54) is 6.08 Å². The Hall–Kier alpha value is -2.04. The van der Waals surface area contributed by atoms with Crippen LogP contribution in [0.5, 0.6) is 0 Å². The Morgan fingerprint density at radius 2 is 2.23 bits per heavy atom. The first kappa shape index (κ1) is 16.3. The first-order valence-corrected chi connectivity index (χ1v) is 8.51. The number of benzene rings is 1. The molecular formula is C14H11ClN4O2Se. The molecule has 0 N–H and O–H groups in total. The van der Waals surface area contributed by atoms with Crippen LogP contribution in [0.15, 0.2) is 40.0 Å². The van der Waals surface area contributed by atoms with Crippen molar-refractivity contribution in [3.05, 3.63) is 56.1 Å². The Morgan fingerprint density at radius 3 is 2.86 bits per heavy atom. The molecule has 1 aromatic carbocycles. The van der Waals surface area contributed by atoms with Gasteiger partial charge >= 0.3 is 138 Å². The van der Waals surface area contributed by atoms with Gasteiger partial charge in [0.1, 0.15) is 0 Å². The fraction of sp³-hybridized carbons (Fsp3) is 0.143. The van der Waals surface area contributed by atoms with Crippen LogP contribution in [0.3, 0.4) is 0 Å². The third-order valence-electron chi connectivity index (χ3n) is 2.53. The zero-order chi connectivity index (χ0) is 15.9. The molecule has 6 nitrogen and oxygen atoms in total. The molecule has 0 aliphatic carbocycles. The maximum absolute atomic E-state index is 11.7. The Morgan fingerprint density at radius 1 is 1.50 bits per heavy atom. The minimum atomic E-state index is -0.663. The van der Waals surface area contributed by atoms with Crippen LogP contribution in [-0.2, 0) is 9.53 Å². The molecule has 0 unspecified atom stereocenters. The summed E-state index contributed by atoms with van der Waals surface area (Å²) < 4.78 is 5.75. The summed E-state index contributed by atoms with van der Waals surface area (Å²) in [5.41, 5.74) is 9.99. The molecule has 0 bridgehead atoms. The van der Waals surface area contributed by atoms with E-state index in [-0.39, 0.29) is 26.8 Å². The van der Waals surface area contributed by atoms with Gasteiger partial charge < -0.3 is 0 Å². The molecule has 112 valence electrons. The molecule has 0 saturated carbocycles. The number of aromatic nitrogens is 1. The number of hydrogen-bond acceptors (Lipinski definition) is 4. The van der Waals surface area contributed by atoms with E-state index in [4.69, 9.17) is 21.9 Å². The van der Waals surface area contributed by atoms with Crippen LogP contribution in [0.25, 0.3) is 26.7 Å². The number of carbonyl (C=O) groups is 1. The molecule has 0 atom stereocenters. The second kappa shape index (κ2) is 7.82. The predicted molar refractivity (Wildman–Crippen MR) is 85.4 cm³/mol. The molecule has 0 aliphatic heterocycles. The molecule has 0 saturated heterocycles. The van der Waals surface area contributed by atoms with Crippen LogP contribution in [0.2, 0.25) is 5.02 Å². The molecule has 2 aromatic rings. The van der Waals surface area contributed by atoms with E-state index >= 15 is 0 Å². The number of azide groups is 1. The first-order valence-electron chi connectivity index (χ1n) is 6.29. The van der Waals surface area contributed by atoms with Crippen molar-refractivity contribution < 1.29 is 9.53 Å². The molecule has 22 heavy (non-hydrogen) atoms. The van der Waals surface area contributed by atoms with Gasteiger partial charge in [0, 0.05) is 0 Å². The summed E-state index contributed by atoms with van der Waals surface area (Å²) in [4.78, 5) is 20.7. The second-order valence-corrected chi connectivity index (χ2v) is 6.26. The van der Waals surface area contributed by atoms with E-state index in [0.717, 1.165) is 10.1 Å². The van der Waals surface area contributed by atoms with Gasteiger partial charge in [-0.25, -0.2) is 0 Å². The molecule has 0 amide bonds. The standard InChI is InChI=1S/C14H11ClN4O2Se/c1-2-21-14(20)12(18-19-16)7-11-8-22-13(17-11)9-3-5-10(15)6-4-9/h3-8H,2H2,1H3/b12-7-. The van der Waals surface area contributed by atoms with Crippen molar-refractivity contribution in [2.75, 3.05) is 6.61 Å². The van der Waals surface area contributed by atoms with Crippen LogP contribution in [-0.4, -0.2) is 32.1 Å². The monoisotopic (exact) mass is 382 g/mol. The van der Waals surface area contributed by atoms with Crippen LogP contribution >= 0.6 is 11.6 Å². The van der Waals surface area contributed by atoms with E-state index < -0.39 is 5.97 Å². The van der Waals surface area contributed by atoms with Gasteiger partial charge in [-0.3, -0.25) is 0 Å². The normalized spacial score (nSPS) is 10.9. The van der Waals surface area contributed by atoms with Gasteiger partial charge in [0.25, 0.3) is 0 Å². The molecule has 0 fully saturated rings. The number of nitrogens with zero attached hydrogens (tertiary/aromatic N) is 4. The Labute approximate surface area is 137 Å². The third-order valence-corrected chi connectivity index (χ3v) is 4.70. The average Bonchev–Trinajstić information content (AvgIpc) is 2.96. The molecule has 2 rings (SSSR count). The van der Waals surface area contributed by atoms with Gasteiger partial charge in [-0.1, -0.05) is 0 Å². The van der Waals surface area contributed by atoms with Gasteiger partial charge in [-0.05, 0) is 0 Å². The van der Waals surface area contributed by atoms with Gasteiger partial charge in [0.05, 0.1) is 0 Å². The van der Waals surface area contributed by atoms with E-state index in [1.54, 1.807) is 19.1 Å². The van der Waals surface area contributed by atoms with Gasteiger partial charge in [-0.15, -0.1) is 0 Å². The Balaban J connectivity index is 2.29. The van der Waals surface area contributed by atoms with Crippen LogP contribution in [0.4, 0.5) is 0 Å². The molecule has 0 aliphatic rings. The summed E-state index contributed by atoms with van der Waals surface area (Å²) in [5.74, 6) is -0.663. The van der Waals surface area contributed by atoms with Gasteiger partial charge in [-0.2, -0.15) is 0 Å². The summed E-state index contributed by atoms with van der Waals surface area (Å²) in [6.07, 6.45) is 1.43. The number of carbonyl (C=O) groups excluding carboxylic acids is 1. The Bertz CT molecular complexity index is 748. The van der Waals surface area contributed by atoms with E-state index in [1.807, 2.05) is 17.1 Å². The van der Waals surface area contributed by atoms with Crippen LogP contribution < -0.4 is 0 Å². The molecule has 1 aromatic heterocycles. The quantitative estimate of drug-likeness (QED) is 0.198. The summed E-state index contributed by atoms with van der Waals surface area (Å²) in [5, 5.41) is 4.02. The fourth-order valence-corrected chi connectivity index (χ4v) is 3.37. The zero-order valence-corrected chi connectivity index (χ0v) is 14.0. The van der Waals surface area contributed by atoms with Crippen molar-refractivity contribution in [3.63, 3.8) is 0 Å². The number of rotatable bonds is 5. The maximum atomic E-state index is 11.7. The molecule has 0 radical (unpaired) electrons. The van der Waals surface area contributed by atoms with Crippen molar-refractivity contribution in [3.8, 4) is 10.1 Å². The first-order chi connectivity index (χ1) is 10.6. The van der Waals surface area contributed by atoms with Crippen LogP contribution in [0, 0.1) is 0 Å². The third kappa shape index (κ3) is 4.23. The number of ether oxygens (including phenoxy) is 1. The molecule has 1 heterocycles. The van der Waals surface area contributed by atoms with Crippen molar-refractivity contribution in [1.29, 1.82) is 0 Å².